The molecule has 0 radical (unpaired) electrons. The monoisotopic (exact) mass is 297 g/mol. The lowest BCUT2D eigenvalue weighted by Crippen LogP contribution is -2.57. The molecule has 0 aromatic rings. The minimum absolute atomic E-state index is 0.0934. The van der Waals surface area contributed by atoms with E-state index in [1.54, 1.807) is 4.90 Å². The number of carboxylic acid groups (broad SMARTS) is 1. The third-order valence-electron chi connectivity index (χ3n) is 4.22. The minimum atomic E-state index is -0.994. The Morgan fingerprint density at radius 3 is 2.86 bits per heavy atom. The smallest absolute Gasteiger partial charge is 0.326 e. The van der Waals surface area contributed by atoms with E-state index in [1.165, 1.54) is 0 Å². The van der Waals surface area contributed by atoms with E-state index < -0.39 is 12.0 Å². The summed E-state index contributed by atoms with van der Waals surface area (Å²) in [5, 5.41) is 11.7. The van der Waals surface area contributed by atoms with E-state index in [1.807, 2.05) is 11.8 Å². The second-order valence-corrected chi connectivity index (χ2v) is 5.71. The molecule has 2 fully saturated rings. The van der Waals surface area contributed by atoms with Crippen LogP contribution in [0.4, 0.5) is 4.79 Å². The van der Waals surface area contributed by atoms with Gasteiger partial charge in [-0.05, 0) is 12.8 Å². The molecule has 2 unspecified atom stereocenters. The molecule has 118 valence electrons. The lowest BCUT2D eigenvalue weighted by atomic mass is 10.1. The highest BCUT2D eigenvalue weighted by Gasteiger charge is 2.37. The van der Waals surface area contributed by atoms with Crippen LogP contribution in [0.15, 0.2) is 0 Å². The van der Waals surface area contributed by atoms with Gasteiger partial charge in [0.05, 0.1) is 0 Å². The predicted octanol–water partition coefficient (Wildman–Crippen LogP) is 0.646. The zero-order valence-electron chi connectivity index (χ0n) is 12.4. The molecule has 2 aliphatic rings. The van der Waals surface area contributed by atoms with Crippen molar-refractivity contribution in [3.63, 3.8) is 0 Å². The summed E-state index contributed by atoms with van der Waals surface area (Å²) in [4.78, 5) is 38.4. The van der Waals surface area contributed by atoms with Crippen LogP contribution in [-0.4, -0.2) is 64.5 Å². The van der Waals surface area contributed by atoms with E-state index >= 15 is 0 Å². The Balaban J connectivity index is 1.88. The van der Waals surface area contributed by atoms with Crippen molar-refractivity contribution in [3.8, 4) is 0 Å². The molecule has 2 heterocycles. The fourth-order valence-electron chi connectivity index (χ4n) is 2.95. The van der Waals surface area contributed by atoms with Gasteiger partial charge in [-0.2, -0.15) is 0 Å². The fraction of sp³-hybridized carbons (Fsp3) is 0.786. The quantitative estimate of drug-likeness (QED) is 0.779. The van der Waals surface area contributed by atoms with E-state index in [2.05, 4.69) is 5.32 Å². The highest BCUT2D eigenvalue weighted by molar-refractivity contribution is 5.83. The Morgan fingerprint density at radius 1 is 1.43 bits per heavy atom. The van der Waals surface area contributed by atoms with Gasteiger partial charge in [0, 0.05) is 32.1 Å². The highest BCUT2D eigenvalue weighted by Crippen LogP contribution is 2.22. The third kappa shape index (κ3) is 3.65. The summed E-state index contributed by atoms with van der Waals surface area (Å²) in [7, 11) is 0. The number of unbranched alkanes of at least 4 members (excludes halogenated alkanes) is 1. The van der Waals surface area contributed by atoms with Crippen molar-refractivity contribution < 1.29 is 19.5 Å². The zero-order chi connectivity index (χ0) is 15.4. The van der Waals surface area contributed by atoms with Gasteiger partial charge in [0.25, 0.3) is 0 Å². The SMILES string of the molecule is CCCCC(NC(=O)N1CCN2C(=O)CCC2C1)C(=O)O. The van der Waals surface area contributed by atoms with Gasteiger partial charge in [-0.15, -0.1) is 0 Å². The molecule has 2 atom stereocenters. The molecule has 0 spiro atoms. The molecule has 2 rings (SSSR count). The molecule has 0 aromatic heterocycles. The second kappa shape index (κ2) is 6.78. The molecule has 0 saturated carbocycles. The van der Waals surface area contributed by atoms with Gasteiger partial charge in [-0.1, -0.05) is 19.8 Å². The van der Waals surface area contributed by atoms with E-state index in [9.17, 15) is 14.4 Å². The van der Waals surface area contributed by atoms with Crippen LogP contribution in [-0.2, 0) is 9.59 Å². The number of urea groups is 1. The first kappa shape index (κ1) is 15.6. The largest absolute Gasteiger partial charge is 0.480 e. The number of carboxylic acids is 1. The lowest BCUT2D eigenvalue weighted by Gasteiger charge is -2.37. The van der Waals surface area contributed by atoms with Crippen LogP contribution in [0.3, 0.4) is 0 Å². The maximum atomic E-state index is 12.2. The summed E-state index contributed by atoms with van der Waals surface area (Å²) in [6, 6.07) is -1.07. The average Bonchev–Trinajstić information content (AvgIpc) is 2.84. The molecule has 7 nitrogen and oxygen atoms in total. The first-order valence-corrected chi connectivity index (χ1v) is 7.60. The van der Waals surface area contributed by atoms with Crippen LogP contribution >= 0.6 is 0 Å². The number of piperazine rings is 1. The van der Waals surface area contributed by atoms with Crippen LogP contribution in [0, 0.1) is 0 Å². The standard InChI is InChI=1S/C14H23N3O4/c1-2-3-4-11(13(19)20)15-14(21)16-7-8-17-10(9-16)5-6-12(17)18/h10-11H,2-9H2,1H3,(H,15,21)(H,19,20). The van der Waals surface area contributed by atoms with Gasteiger partial charge >= 0.3 is 12.0 Å². The Hall–Kier alpha value is -1.79. The van der Waals surface area contributed by atoms with Crippen molar-refractivity contribution >= 4 is 17.9 Å². The first-order chi connectivity index (χ1) is 10.0. The number of rotatable bonds is 5. The van der Waals surface area contributed by atoms with Crippen LogP contribution in [0.25, 0.3) is 0 Å². The number of carbonyl (C=O) groups excluding carboxylic acids is 2. The number of fused-ring (bicyclic) bond motifs is 1. The van der Waals surface area contributed by atoms with Crippen molar-refractivity contribution in [2.45, 2.75) is 51.1 Å². The Morgan fingerprint density at radius 2 is 2.19 bits per heavy atom. The minimum Gasteiger partial charge on any atom is -0.480 e. The number of hydrogen-bond acceptors (Lipinski definition) is 3. The van der Waals surface area contributed by atoms with Crippen molar-refractivity contribution in [2.24, 2.45) is 0 Å². The van der Waals surface area contributed by atoms with Gasteiger partial charge in [0.1, 0.15) is 6.04 Å². The van der Waals surface area contributed by atoms with Crippen molar-refractivity contribution in [3.05, 3.63) is 0 Å². The van der Waals surface area contributed by atoms with Crippen LogP contribution in [0.5, 0.6) is 0 Å². The Kier molecular flexibility index (Phi) is 5.03. The molecular formula is C14H23N3O4. The second-order valence-electron chi connectivity index (χ2n) is 5.71. The third-order valence-corrected chi connectivity index (χ3v) is 4.22. The van der Waals surface area contributed by atoms with Gasteiger partial charge < -0.3 is 20.2 Å². The number of amides is 3. The summed E-state index contributed by atoms with van der Waals surface area (Å²) in [5.41, 5.74) is 0. The summed E-state index contributed by atoms with van der Waals surface area (Å²) >= 11 is 0. The molecule has 3 amide bonds. The number of hydrogen-bond donors (Lipinski definition) is 2. The number of carbonyl (C=O) groups is 3. The molecule has 0 aliphatic carbocycles. The molecule has 2 aliphatic heterocycles. The maximum absolute atomic E-state index is 12.2. The molecule has 7 heteroatoms. The predicted molar refractivity (Wildman–Crippen MR) is 75.8 cm³/mol. The normalized spacial score (nSPS) is 22.9. The molecule has 21 heavy (non-hydrogen) atoms. The summed E-state index contributed by atoms with van der Waals surface area (Å²) < 4.78 is 0. The maximum Gasteiger partial charge on any atom is 0.326 e. The topological polar surface area (TPSA) is 90.0 Å². The molecule has 2 saturated heterocycles. The average molecular weight is 297 g/mol. The number of aliphatic carboxylic acids is 1. The fourth-order valence-corrected chi connectivity index (χ4v) is 2.95. The summed E-state index contributed by atoms with van der Waals surface area (Å²) in [6.07, 6.45) is 3.43. The van der Waals surface area contributed by atoms with Crippen LogP contribution < -0.4 is 5.32 Å². The summed E-state index contributed by atoms with van der Waals surface area (Å²) in [5.74, 6) is -0.835. The van der Waals surface area contributed by atoms with Gasteiger partial charge in [-0.3, -0.25) is 4.79 Å². The Bertz CT molecular complexity index is 426. The summed E-state index contributed by atoms with van der Waals surface area (Å²) in [6.45, 7) is 3.49. The Labute approximate surface area is 124 Å². The zero-order valence-corrected chi connectivity index (χ0v) is 12.4. The molecular weight excluding hydrogens is 274 g/mol. The van der Waals surface area contributed by atoms with Crippen molar-refractivity contribution in [1.82, 2.24) is 15.1 Å². The van der Waals surface area contributed by atoms with Gasteiger partial charge in [0.2, 0.25) is 5.91 Å². The number of nitrogens with zero attached hydrogens (tertiary/aromatic N) is 2. The van der Waals surface area contributed by atoms with Crippen LogP contribution in [0.1, 0.15) is 39.0 Å². The van der Waals surface area contributed by atoms with Crippen molar-refractivity contribution in [1.29, 1.82) is 0 Å². The van der Waals surface area contributed by atoms with Gasteiger partial charge in [0.15, 0.2) is 0 Å². The number of nitrogens with one attached hydrogen (secondary N) is 1. The van der Waals surface area contributed by atoms with Crippen LogP contribution in [0.2, 0.25) is 0 Å². The molecule has 0 bridgehead atoms. The molecule has 0 aromatic carbocycles. The van der Waals surface area contributed by atoms with E-state index in [0.717, 1.165) is 19.3 Å². The highest BCUT2D eigenvalue weighted by atomic mass is 16.4. The first-order valence-electron chi connectivity index (χ1n) is 7.60. The van der Waals surface area contributed by atoms with E-state index in [-0.39, 0.29) is 18.0 Å². The lowest BCUT2D eigenvalue weighted by molar-refractivity contribution is -0.139. The van der Waals surface area contributed by atoms with Crippen molar-refractivity contribution in [2.75, 3.05) is 19.6 Å². The molecule has 2 N–H and O–H groups in total. The van der Waals surface area contributed by atoms with E-state index in [0.29, 0.717) is 32.5 Å². The van der Waals surface area contributed by atoms with E-state index in [4.69, 9.17) is 5.11 Å². The van der Waals surface area contributed by atoms with Gasteiger partial charge in [-0.25, -0.2) is 9.59 Å².